The topological polar surface area (TPSA) is 299 Å². The molecule has 456 valence electrons. The van der Waals surface area contributed by atoms with E-state index >= 15 is 0 Å². The molecule has 6 unspecified atom stereocenters. The summed E-state index contributed by atoms with van der Waals surface area (Å²) in [6.45, 7) is 31.2. The summed E-state index contributed by atoms with van der Waals surface area (Å²) >= 11 is 7.42. The maximum absolute atomic E-state index is 14.3. The number of hydrogen-bond donors (Lipinski definition) is 4. The van der Waals surface area contributed by atoms with Crippen LogP contribution in [-0.2, 0) is 40.5 Å². The van der Waals surface area contributed by atoms with E-state index in [2.05, 4.69) is 44.0 Å². The highest BCUT2D eigenvalue weighted by molar-refractivity contribution is 9.11. The van der Waals surface area contributed by atoms with Gasteiger partial charge in [0.05, 0.1) is 23.3 Å². The van der Waals surface area contributed by atoms with Crippen molar-refractivity contribution in [3.05, 3.63) is 110 Å². The SMILES string of the molecule is CC(C)c1cc(C(C)C)c(S(=O)(=O)O)c(C(C)CC(C)c2c(Br)c(C(C)C)c(Br)c(C(C)CC(C)c3c(C#N)c(C(C)C)c(C#N)c(C(C)CC(C)c4c(C=O)c(C(C)C)c(C=O)c(C(C)C)c4S(=O)(=O)O)c3S(=O)(=O)O)c2S(=O)(=O)O)c1. The summed E-state index contributed by atoms with van der Waals surface area (Å²) in [6.07, 6.45) is 0.564. The molecule has 4 aromatic carbocycles. The number of hydrogen-bond acceptors (Lipinski definition) is 12. The minimum atomic E-state index is -5.43. The van der Waals surface area contributed by atoms with Gasteiger partial charge in [-0.25, -0.2) is 0 Å². The molecule has 0 saturated carbocycles. The lowest BCUT2D eigenvalue weighted by Gasteiger charge is -2.32. The Morgan fingerprint density at radius 3 is 1.00 bits per heavy atom. The van der Waals surface area contributed by atoms with Crippen LogP contribution in [0.25, 0.3) is 0 Å². The molecule has 16 nitrogen and oxygen atoms in total. The molecule has 4 aromatic rings. The zero-order valence-corrected chi connectivity index (χ0v) is 57.0. The average molecular weight is 1350 g/mol. The van der Waals surface area contributed by atoms with Gasteiger partial charge in [-0.1, -0.05) is 169 Å². The Hall–Kier alpha value is -4.20. The van der Waals surface area contributed by atoms with Crippen molar-refractivity contribution < 1.29 is 61.5 Å². The summed E-state index contributed by atoms with van der Waals surface area (Å²) in [5.41, 5.74) is 1.50. The van der Waals surface area contributed by atoms with Gasteiger partial charge in [0.1, 0.15) is 19.6 Å². The van der Waals surface area contributed by atoms with E-state index in [0.29, 0.717) is 38.2 Å². The molecule has 22 heteroatoms. The molecule has 0 aliphatic carbocycles. The Kier molecular flexibility index (Phi) is 23.0. The second kappa shape index (κ2) is 26.8. The van der Waals surface area contributed by atoms with Gasteiger partial charge in [-0.2, -0.15) is 44.2 Å². The summed E-state index contributed by atoms with van der Waals surface area (Å²) in [5.74, 6) is -8.04. The predicted molar refractivity (Wildman–Crippen MR) is 330 cm³/mol. The van der Waals surface area contributed by atoms with Gasteiger partial charge in [-0.3, -0.25) is 27.8 Å². The fourth-order valence-corrected chi connectivity index (χ4v) is 20.4. The summed E-state index contributed by atoms with van der Waals surface area (Å²) < 4.78 is 156. The van der Waals surface area contributed by atoms with E-state index in [0.717, 1.165) is 5.56 Å². The lowest BCUT2D eigenvalue weighted by molar-refractivity contribution is 0.112. The molecule has 0 fully saturated rings. The zero-order valence-electron chi connectivity index (χ0n) is 50.5. The van der Waals surface area contributed by atoms with Crippen molar-refractivity contribution in [1.82, 2.24) is 0 Å². The lowest BCUT2D eigenvalue weighted by atomic mass is 9.74. The van der Waals surface area contributed by atoms with Gasteiger partial charge in [0.25, 0.3) is 40.5 Å². The normalized spacial score (nSPS) is 15.0. The number of nitriles is 2. The highest BCUT2D eigenvalue weighted by atomic mass is 79.9. The molecule has 6 atom stereocenters. The van der Waals surface area contributed by atoms with E-state index in [1.165, 1.54) is 6.92 Å². The summed E-state index contributed by atoms with van der Waals surface area (Å²) in [6, 6.07) is 7.72. The lowest BCUT2D eigenvalue weighted by Crippen LogP contribution is -2.22. The molecule has 4 N–H and O–H groups in total. The highest BCUT2D eigenvalue weighted by Gasteiger charge is 2.41. The zero-order chi connectivity index (χ0) is 64.0. The third-order valence-corrected chi connectivity index (χ3v) is 21.6. The molecular formula is C61H80Br2N2O14S4. The molecule has 0 aliphatic rings. The average Bonchev–Trinajstić information content (AvgIpc) is 1.23. The monoisotopic (exact) mass is 1350 g/mol. The van der Waals surface area contributed by atoms with Gasteiger partial charge in [-0.15, -0.1) is 0 Å². The standard InChI is InChI=1S/C61H80Br2N2O14S4/c1-28(2)40-22-41(29(3)4)58(80(68,69)70)42(23-40)34(13)19-38(17)54-56(62)50(33(11)12)57(63)55(61(54)83(77,78)79)39(18)21-36(15)52-44(25-65)47(30(5)6)43(24-64)51(60(52)82(74,75)76)35(14)20-37(16)53-46(27-67)48(31(7)8)45(26-66)49(32(9)10)59(53)81(71,72)73/h22-23,26-39H,19-21H2,1-18H3,(H,68,69,70)(H,71,72,73)(H,74,75,76)(H,77,78,79). The van der Waals surface area contributed by atoms with E-state index in [1.807, 2.05) is 41.5 Å². The second-order valence-corrected chi connectivity index (χ2v) is 31.4. The van der Waals surface area contributed by atoms with Crippen LogP contribution in [0.1, 0.15) is 314 Å². The second-order valence-electron chi connectivity index (χ2n) is 24.3. The number of rotatable bonds is 24. The Balaban J connectivity index is 2.13. The van der Waals surface area contributed by atoms with Crippen LogP contribution in [0.2, 0.25) is 0 Å². The van der Waals surface area contributed by atoms with Crippen LogP contribution in [0.15, 0.2) is 40.7 Å². The van der Waals surface area contributed by atoms with Crippen LogP contribution < -0.4 is 0 Å². The Bertz CT molecular complexity index is 3780. The number of benzene rings is 4. The maximum atomic E-state index is 14.3. The Morgan fingerprint density at radius 2 is 0.687 bits per heavy atom. The molecule has 0 aliphatic heterocycles. The minimum Gasteiger partial charge on any atom is -0.298 e. The van der Waals surface area contributed by atoms with E-state index in [1.54, 1.807) is 88.3 Å². The first kappa shape index (κ1) is 71.3. The molecule has 83 heavy (non-hydrogen) atoms. The van der Waals surface area contributed by atoms with Crippen molar-refractivity contribution in [2.75, 3.05) is 0 Å². The third-order valence-electron chi connectivity index (χ3n) is 16.0. The first-order chi connectivity index (χ1) is 37.9. The largest absolute Gasteiger partial charge is 0.298 e. The first-order valence-corrected chi connectivity index (χ1v) is 35.1. The molecule has 0 spiro atoms. The molecule has 0 aromatic heterocycles. The van der Waals surface area contributed by atoms with Crippen LogP contribution in [0.5, 0.6) is 0 Å². The van der Waals surface area contributed by atoms with E-state index in [-0.39, 0.29) is 109 Å². The molecule has 0 bridgehead atoms. The molecule has 0 heterocycles. The van der Waals surface area contributed by atoms with Crippen molar-refractivity contribution in [3.63, 3.8) is 0 Å². The summed E-state index contributed by atoms with van der Waals surface area (Å²) in [7, 11) is -20.6. The van der Waals surface area contributed by atoms with Gasteiger partial charge in [-0.05, 0) is 157 Å². The molecule has 0 saturated heterocycles. The molecule has 0 radical (unpaired) electrons. The Labute approximate surface area is 509 Å². The quantitative estimate of drug-likeness (QED) is 0.0374. The van der Waals surface area contributed by atoms with Gasteiger partial charge < -0.3 is 0 Å². The smallest absolute Gasteiger partial charge is 0.295 e. The number of carbonyl (C=O) groups excluding carboxylic acids is 2. The molecule has 4 rings (SSSR count). The van der Waals surface area contributed by atoms with Crippen molar-refractivity contribution >= 4 is 84.9 Å². The van der Waals surface area contributed by atoms with Crippen LogP contribution >= 0.6 is 31.9 Å². The fourth-order valence-electron chi connectivity index (χ4n) is 12.7. The number of nitrogens with zero attached hydrogens (tertiary/aromatic N) is 2. The molecule has 0 amide bonds. The van der Waals surface area contributed by atoms with Crippen LogP contribution in [-0.4, -0.2) is 64.5 Å². The first-order valence-electron chi connectivity index (χ1n) is 27.7. The third kappa shape index (κ3) is 14.5. The van der Waals surface area contributed by atoms with Crippen molar-refractivity contribution in [3.8, 4) is 12.1 Å². The van der Waals surface area contributed by atoms with Crippen LogP contribution in [0, 0.1) is 22.7 Å². The summed E-state index contributed by atoms with van der Waals surface area (Å²) in [4.78, 5) is 23.8. The predicted octanol–water partition coefficient (Wildman–Crippen LogP) is 16.2. The van der Waals surface area contributed by atoms with E-state index in [4.69, 9.17) is 0 Å². The van der Waals surface area contributed by atoms with Gasteiger partial charge in [0.2, 0.25) is 0 Å². The fraction of sp³-hybridized carbons (Fsp3) is 0.541. The van der Waals surface area contributed by atoms with Crippen LogP contribution in [0.3, 0.4) is 0 Å². The molecular weight excluding hydrogens is 1270 g/mol. The van der Waals surface area contributed by atoms with Crippen LogP contribution in [0.4, 0.5) is 0 Å². The van der Waals surface area contributed by atoms with Gasteiger partial charge in [0.15, 0.2) is 12.6 Å². The minimum absolute atomic E-state index is 0.0265. The van der Waals surface area contributed by atoms with Crippen molar-refractivity contribution in [1.29, 1.82) is 10.5 Å². The van der Waals surface area contributed by atoms with Crippen molar-refractivity contribution in [2.24, 2.45) is 0 Å². The number of carbonyl (C=O) groups is 2. The van der Waals surface area contributed by atoms with Crippen molar-refractivity contribution in [2.45, 2.75) is 234 Å². The van der Waals surface area contributed by atoms with E-state index < -0.39 is 108 Å². The maximum Gasteiger partial charge on any atom is 0.295 e. The number of aldehydes is 2. The number of halogens is 2. The van der Waals surface area contributed by atoms with Gasteiger partial charge in [0, 0.05) is 20.1 Å². The summed E-state index contributed by atoms with van der Waals surface area (Å²) in [5, 5.41) is 22.2. The Morgan fingerprint density at radius 1 is 0.386 bits per heavy atom. The van der Waals surface area contributed by atoms with Gasteiger partial charge >= 0.3 is 0 Å². The van der Waals surface area contributed by atoms with E-state index in [9.17, 15) is 72.0 Å². The highest BCUT2D eigenvalue weighted by Crippen LogP contribution is 2.53.